The van der Waals surface area contributed by atoms with Crippen LogP contribution in [0.1, 0.15) is 28.9 Å². The summed E-state index contributed by atoms with van der Waals surface area (Å²) in [7, 11) is 1.39. The van der Waals surface area contributed by atoms with E-state index in [2.05, 4.69) is 9.84 Å². The van der Waals surface area contributed by atoms with Gasteiger partial charge in [0, 0.05) is 12.1 Å². The molecule has 0 aliphatic carbocycles. The van der Waals surface area contributed by atoms with Gasteiger partial charge in [-0.1, -0.05) is 12.1 Å². The number of ether oxygens (including phenoxy) is 1. The number of benzene rings is 1. The van der Waals surface area contributed by atoms with Gasteiger partial charge in [-0.15, -0.1) is 0 Å². The van der Waals surface area contributed by atoms with Gasteiger partial charge in [-0.2, -0.15) is 5.10 Å². The van der Waals surface area contributed by atoms with E-state index in [1.54, 1.807) is 12.1 Å². The van der Waals surface area contributed by atoms with Gasteiger partial charge in [0.1, 0.15) is 5.82 Å². The fourth-order valence-electron chi connectivity index (χ4n) is 2.34. The van der Waals surface area contributed by atoms with Gasteiger partial charge in [0.05, 0.1) is 19.3 Å². The number of hydrogen-bond acceptors (Lipinski definition) is 3. The molecule has 0 N–H and O–H groups in total. The standard InChI is InChI=1S/C16H19FN2O2/c1-11-15(8-9-16(20)21-3)12(2)19(18-11)10-13-4-6-14(17)7-5-13/h4-7H,8-10H2,1-3H3. The fraction of sp³-hybridized carbons (Fsp3) is 0.375. The van der Waals surface area contributed by atoms with Gasteiger partial charge in [-0.25, -0.2) is 4.39 Å². The normalized spacial score (nSPS) is 10.7. The minimum atomic E-state index is -0.245. The molecule has 0 unspecified atom stereocenters. The van der Waals surface area contributed by atoms with Crippen LogP contribution in [0, 0.1) is 19.7 Å². The van der Waals surface area contributed by atoms with Crippen molar-refractivity contribution in [2.75, 3.05) is 7.11 Å². The largest absolute Gasteiger partial charge is 0.469 e. The Kier molecular flexibility index (Phi) is 4.73. The van der Waals surface area contributed by atoms with Crippen molar-refractivity contribution in [2.45, 2.75) is 33.2 Å². The van der Waals surface area contributed by atoms with Gasteiger partial charge < -0.3 is 4.74 Å². The maximum absolute atomic E-state index is 12.9. The lowest BCUT2D eigenvalue weighted by atomic mass is 10.1. The molecule has 0 fully saturated rings. The van der Waals surface area contributed by atoms with Gasteiger partial charge >= 0.3 is 5.97 Å². The molecule has 1 aromatic heterocycles. The summed E-state index contributed by atoms with van der Waals surface area (Å²) in [4.78, 5) is 11.3. The first-order valence-electron chi connectivity index (χ1n) is 6.85. The van der Waals surface area contributed by atoms with E-state index >= 15 is 0 Å². The highest BCUT2D eigenvalue weighted by Gasteiger charge is 2.13. The number of esters is 1. The monoisotopic (exact) mass is 290 g/mol. The zero-order chi connectivity index (χ0) is 15.4. The Hall–Kier alpha value is -2.17. The predicted molar refractivity (Wildman–Crippen MR) is 77.5 cm³/mol. The fourth-order valence-corrected chi connectivity index (χ4v) is 2.34. The second kappa shape index (κ2) is 6.52. The lowest BCUT2D eigenvalue weighted by Gasteiger charge is -2.06. The SMILES string of the molecule is COC(=O)CCc1c(C)nn(Cc2ccc(F)cc2)c1C. The second-order valence-corrected chi connectivity index (χ2v) is 5.01. The molecule has 0 saturated heterocycles. The van der Waals surface area contributed by atoms with Gasteiger partial charge in [-0.05, 0) is 43.5 Å². The Morgan fingerprint density at radius 3 is 2.57 bits per heavy atom. The van der Waals surface area contributed by atoms with Crippen LogP contribution in [-0.2, 0) is 22.5 Å². The molecule has 0 atom stereocenters. The topological polar surface area (TPSA) is 44.1 Å². The molecule has 1 heterocycles. The molecule has 112 valence electrons. The number of rotatable bonds is 5. The third-order valence-electron chi connectivity index (χ3n) is 3.58. The number of carbonyl (C=O) groups excluding carboxylic acids is 1. The Labute approximate surface area is 123 Å². The van der Waals surface area contributed by atoms with Gasteiger partial charge in [0.25, 0.3) is 0 Å². The summed E-state index contributed by atoms with van der Waals surface area (Å²) in [5.74, 6) is -0.467. The minimum absolute atomic E-state index is 0.222. The quantitative estimate of drug-likeness (QED) is 0.795. The van der Waals surface area contributed by atoms with Crippen LogP contribution in [-0.4, -0.2) is 22.9 Å². The number of carbonyl (C=O) groups is 1. The van der Waals surface area contributed by atoms with Crippen LogP contribution in [0.2, 0.25) is 0 Å². The first-order valence-corrected chi connectivity index (χ1v) is 6.85. The van der Waals surface area contributed by atoms with E-state index < -0.39 is 0 Å². The number of nitrogens with zero attached hydrogens (tertiary/aromatic N) is 2. The van der Waals surface area contributed by atoms with E-state index in [1.807, 2.05) is 18.5 Å². The Bertz CT molecular complexity index is 632. The molecule has 0 radical (unpaired) electrons. The number of methoxy groups -OCH3 is 1. The number of aromatic nitrogens is 2. The van der Waals surface area contributed by atoms with Crippen molar-refractivity contribution in [2.24, 2.45) is 0 Å². The van der Waals surface area contributed by atoms with Crippen molar-refractivity contribution in [1.29, 1.82) is 0 Å². The Balaban J connectivity index is 2.14. The van der Waals surface area contributed by atoms with E-state index in [-0.39, 0.29) is 11.8 Å². The van der Waals surface area contributed by atoms with E-state index in [0.29, 0.717) is 19.4 Å². The average molecular weight is 290 g/mol. The van der Waals surface area contributed by atoms with Crippen LogP contribution in [0.3, 0.4) is 0 Å². The lowest BCUT2D eigenvalue weighted by molar-refractivity contribution is -0.140. The first kappa shape index (κ1) is 15.2. The molecule has 1 aromatic carbocycles. The number of aryl methyl sites for hydroxylation is 1. The molecule has 5 heteroatoms. The summed E-state index contributed by atoms with van der Waals surface area (Å²) in [6.45, 7) is 4.50. The van der Waals surface area contributed by atoms with E-state index in [4.69, 9.17) is 0 Å². The lowest BCUT2D eigenvalue weighted by Crippen LogP contribution is -2.05. The van der Waals surface area contributed by atoms with Gasteiger partial charge in [0.2, 0.25) is 0 Å². The van der Waals surface area contributed by atoms with Crippen molar-refractivity contribution < 1.29 is 13.9 Å². The molecule has 0 spiro atoms. The van der Waals surface area contributed by atoms with E-state index in [9.17, 15) is 9.18 Å². The predicted octanol–water partition coefficient (Wildman–Crippen LogP) is 2.79. The molecule has 4 nitrogen and oxygen atoms in total. The van der Waals surface area contributed by atoms with Crippen LogP contribution in [0.5, 0.6) is 0 Å². The third-order valence-corrected chi connectivity index (χ3v) is 3.58. The molecular weight excluding hydrogens is 271 g/mol. The molecule has 2 rings (SSSR count). The average Bonchev–Trinajstić information content (AvgIpc) is 2.73. The second-order valence-electron chi connectivity index (χ2n) is 5.01. The van der Waals surface area contributed by atoms with Gasteiger partial charge in [0.15, 0.2) is 0 Å². The van der Waals surface area contributed by atoms with E-state index in [1.165, 1.54) is 19.2 Å². The van der Waals surface area contributed by atoms with Crippen LogP contribution in [0.15, 0.2) is 24.3 Å². The molecule has 0 amide bonds. The highest BCUT2D eigenvalue weighted by molar-refractivity contribution is 5.69. The summed E-state index contributed by atoms with van der Waals surface area (Å²) in [5, 5.41) is 4.50. The number of halogens is 1. The van der Waals surface area contributed by atoms with Crippen LogP contribution < -0.4 is 0 Å². The van der Waals surface area contributed by atoms with Crippen molar-refractivity contribution >= 4 is 5.97 Å². The molecule has 0 aliphatic heterocycles. The van der Waals surface area contributed by atoms with Crippen molar-refractivity contribution in [3.8, 4) is 0 Å². The zero-order valence-corrected chi connectivity index (χ0v) is 12.5. The maximum Gasteiger partial charge on any atom is 0.305 e. The smallest absolute Gasteiger partial charge is 0.305 e. The first-order chi connectivity index (χ1) is 10.0. The highest BCUT2D eigenvalue weighted by atomic mass is 19.1. The van der Waals surface area contributed by atoms with Crippen LogP contribution in [0.25, 0.3) is 0 Å². The van der Waals surface area contributed by atoms with Crippen molar-refractivity contribution in [3.05, 3.63) is 52.6 Å². The third kappa shape index (κ3) is 3.68. The van der Waals surface area contributed by atoms with Gasteiger partial charge in [-0.3, -0.25) is 9.48 Å². The maximum atomic E-state index is 12.9. The summed E-state index contributed by atoms with van der Waals surface area (Å²) in [5.41, 5.74) is 4.00. The van der Waals surface area contributed by atoms with Crippen molar-refractivity contribution in [3.63, 3.8) is 0 Å². The minimum Gasteiger partial charge on any atom is -0.469 e. The van der Waals surface area contributed by atoms with Crippen LogP contribution in [0.4, 0.5) is 4.39 Å². The molecule has 0 saturated carbocycles. The molecule has 21 heavy (non-hydrogen) atoms. The summed E-state index contributed by atoms with van der Waals surface area (Å²) >= 11 is 0. The molecule has 2 aromatic rings. The van der Waals surface area contributed by atoms with Crippen molar-refractivity contribution in [1.82, 2.24) is 9.78 Å². The highest BCUT2D eigenvalue weighted by Crippen LogP contribution is 2.17. The van der Waals surface area contributed by atoms with E-state index in [0.717, 1.165) is 22.5 Å². The Morgan fingerprint density at radius 1 is 1.29 bits per heavy atom. The summed E-state index contributed by atoms with van der Waals surface area (Å²) in [6, 6.07) is 6.39. The zero-order valence-electron chi connectivity index (χ0n) is 12.5. The number of hydrogen-bond donors (Lipinski definition) is 0. The summed E-state index contributed by atoms with van der Waals surface area (Å²) < 4.78 is 19.5. The summed E-state index contributed by atoms with van der Waals surface area (Å²) in [6.07, 6.45) is 0.966. The molecule has 0 aliphatic rings. The molecule has 0 bridgehead atoms. The Morgan fingerprint density at radius 2 is 1.95 bits per heavy atom. The van der Waals surface area contributed by atoms with Crippen LogP contribution >= 0.6 is 0 Å². The molecular formula is C16H19FN2O2.